The molecule has 2 aromatic heterocycles. The van der Waals surface area contributed by atoms with Crippen LogP contribution in [0.4, 0.5) is 11.6 Å². The van der Waals surface area contributed by atoms with Gasteiger partial charge < -0.3 is 10.6 Å². The lowest BCUT2D eigenvalue weighted by Gasteiger charge is -2.14. The molecule has 2 rings (SSSR count). The molecule has 4 nitrogen and oxygen atoms in total. The normalized spacial score (nSPS) is 10.9. The Morgan fingerprint density at radius 3 is 2.40 bits per heavy atom. The van der Waals surface area contributed by atoms with E-state index in [1.54, 1.807) is 0 Å². The van der Waals surface area contributed by atoms with Crippen LogP contribution in [-0.4, -0.2) is 17.0 Å². The first-order chi connectivity index (χ1) is 9.51. The standard InChI is InChI=1S/C15H22N4S/c1-9(2)13-18-14(16-5)11(4)15(19-13)17-8-12-7-6-10(3)20-12/h6-7,9H,8H2,1-5H3,(H2,16,17,18,19). The highest BCUT2D eigenvalue weighted by Gasteiger charge is 2.12. The van der Waals surface area contributed by atoms with Crippen molar-refractivity contribution in [2.45, 2.75) is 40.2 Å². The van der Waals surface area contributed by atoms with Crippen molar-refractivity contribution in [1.29, 1.82) is 0 Å². The molecular formula is C15H22N4S. The fourth-order valence-corrected chi connectivity index (χ4v) is 2.79. The number of aryl methyl sites for hydroxylation is 1. The highest BCUT2D eigenvalue weighted by atomic mass is 32.1. The lowest BCUT2D eigenvalue weighted by Crippen LogP contribution is -2.10. The second kappa shape index (κ2) is 6.22. The summed E-state index contributed by atoms with van der Waals surface area (Å²) in [6.45, 7) is 9.18. The zero-order chi connectivity index (χ0) is 14.7. The third kappa shape index (κ3) is 3.28. The minimum absolute atomic E-state index is 0.312. The van der Waals surface area contributed by atoms with E-state index in [9.17, 15) is 0 Å². The molecule has 2 N–H and O–H groups in total. The molecule has 108 valence electrons. The number of aromatic nitrogens is 2. The van der Waals surface area contributed by atoms with Gasteiger partial charge in [0.1, 0.15) is 17.5 Å². The van der Waals surface area contributed by atoms with Crippen LogP contribution in [0.3, 0.4) is 0 Å². The lowest BCUT2D eigenvalue weighted by molar-refractivity contribution is 0.773. The zero-order valence-corrected chi connectivity index (χ0v) is 13.6. The van der Waals surface area contributed by atoms with E-state index in [1.807, 2.05) is 25.3 Å². The van der Waals surface area contributed by atoms with Crippen LogP contribution in [0.5, 0.6) is 0 Å². The first kappa shape index (κ1) is 14.8. The third-order valence-corrected chi connectivity index (χ3v) is 4.14. The van der Waals surface area contributed by atoms with Crippen molar-refractivity contribution in [2.24, 2.45) is 0 Å². The van der Waals surface area contributed by atoms with Gasteiger partial charge in [-0.2, -0.15) is 0 Å². The van der Waals surface area contributed by atoms with Gasteiger partial charge in [0.05, 0.1) is 6.54 Å². The van der Waals surface area contributed by atoms with E-state index in [0.717, 1.165) is 29.6 Å². The van der Waals surface area contributed by atoms with Crippen LogP contribution < -0.4 is 10.6 Å². The van der Waals surface area contributed by atoms with Gasteiger partial charge in [0.25, 0.3) is 0 Å². The van der Waals surface area contributed by atoms with Crippen molar-refractivity contribution >= 4 is 23.0 Å². The van der Waals surface area contributed by atoms with Gasteiger partial charge in [0.2, 0.25) is 0 Å². The molecule has 0 saturated heterocycles. The molecule has 0 amide bonds. The largest absolute Gasteiger partial charge is 0.373 e. The molecule has 0 spiro atoms. The number of nitrogens with one attached hydrogen (secondary N) is 2. The number of nitrogens with zero attached hydrogens (tertiary/aromatic N) is 2. The summed E-state index contributed by atoms with van der Waals surface area (Å²) in [5, 5.41) is 6.58. The molecule has 2 aromatic rings. The summed E-state index contributed by atoms with van der Waals surface area (Å²) in [6.07, 6.45) is 0. The number of anilines is 2. The van der Waals surface area contributed by atoms with Gasteiger partial charge in [0, 0.05) is 28.3 Å². The minimum Gasteiger partial charge on any atom is -0.373 e. The Kier molecular flexibility index (Phi) is 4.60. The first-order valence-electron chi connectivity index (χ1n) is 6.86. The van der Waals surface area contributed by atoms with E-state index < -0.39 is 0 Å². The van der Waals surface area contributed by atoms with Crippen molar-refractivity contribution in [1.82, 2.24) is 9.97 Å². The predicted octanol–water partition coefficient (Wildman–Crippen LogP) is 3.93. The molecule has 0 aliphatic rings. The molecule has 2 heterocycles. The number of thiophene rings is 1. The molecule has 0 bridgehead atoms. The molecular weight excluding hydrogens is 268 g/mol. The van der Waals surface area contributed by atoms with Gasteiger partial charge in [-0.05, 0) is 26.0 Å². The van der Waals surface area contributed by atoms with Gasteiger partial charge in [-0.3, -0.25) is 0 Å². The van der Waals surface area contributed by atoms with Crippen molar-refractivity contribution in [3.8, 4) is 0 Å². The Labute approximate surface area is 124 Å². The number of hydrogen-bond acceptors (Lipinski definition) is 5. The molecule has 0 unspecified atom stereocenters. The van der Waals surface area contributed by atoms with Crippen LogP contribution in [0.2, 0.25) is 0 Å². The van der Waals surface area contributed by atoms with Crippen LogP contribution in [0, 0.1) is 13.8 Å². The average molecular weight is 290 g/mol. The van der Waals surface area contributed by atoms with Crippen LogP contribution in [-0.2, 0) is 6.54 Å². The van der Waals surface area contributed by atoms with Gasteiger partial charge >= 0.3 is 0 Å². The minimum atomic E-state index is 0.312. The summed E-state index contributed by atoms with van der Waals surface area (Å²) >= 11 is 1.81. The summed E-state index contributed by atoms with van der Waals surface area (Å²) in [7, 11) is 1.89. The Hall–Kier alpha value is -1.62. The molecule has 5 heteroatoms. The summed E-state index contributed by atoms with van der Waals surface area (Å²) in [5.41, 5.74) is 1.06. The van der Waals surface area contributed by atoms with Gasteiger partial charge in [-0.25, -0.2) is 9.97 Å². The van der Waals surface area contributed by atoms with Crippen molar-refractivity contribution in [3.05, 3.63) is 33.3 Å². The molecule has 20 heavy (non-hydrogen) atoms. The van der Waals surface area contributed by atoms with Crippen LogP contribution in [0.1, 0.15) is 40.9 Å². The maximum absolute atomic E-state index is 4.64. The lowest BCUT2D eigenvalue weighted by atomic mass is 10.2. The monoisotopic (exact) mass is 290 g/mol. The van der Waals surface area contributed by atoms with E-state index in [-0.39, 0.29) is 0 Å². The first-order valence-corrected chi connectivity index (χ1v) is 7.68. The molecule has 0 saturated carbocycles. The maximum Gasteiger partial charge on any atom is 0.135 e. The van der Waals surface area contributed by atoms with Crippen molar-refractivity contribution in [2.75, 3.05) is 17.7 Å². The highest BCUT2D eigenvalue weighted by molar-refractivity contribution is 7.11. The quantitative estimate of drug-likeness (QED) is 0.876. The van der Waals surface area contributed by atoms with Crippen molar-refractivity contribution < 1.29 is 0 Å². The zero-order valence-electron chi connectivity index (χ0n) is 12.7. The molecule has 0 radical (unpaired) electrons. The molecule has 0 aromatic carbocycles. The second-order valence-corrected chi connectivity index (χ2v) is 6.55. The molecule has 0 fully saturated rings. The number of rotatable bonds is 5. The van der Waals surface area contributed by atoms with E-state index >= 15 is 0 Å². The Morgan fingerprint density at radius 2 is 1.85 bits per heavy atom. The van der Waals surface area contributed by atoms with Crippen molar-refractivity contribution in [3.63, 3.8) is 0 Å². The topological polar surface area (TPSA) is 49.8 Å². The van der Waals surface area contributed by atoms with E-state index in [1.165, 1.54) is 9.75 Å². The summed E-state index contributed by atoms with van der Waals surface area (Å²) in [4.78, 5) is 11.8. The Balaban J connectivity index is 2.23. The van der Waals surface area contributed by atoms with Crippen LogP contribution in [0.15, 0.2) is 12.1 Å². The summed E-state index contributed by atoms with van der Waals surface area (Å²) in [5.74, 6) is 2.99. The third-order valence-electron chi connectivity index (χ3n) is 3.14. The molecule has 0 aliphatic carbocycles. The average Bonchev–Trinajstić information content (AvgIpc) is 2.83. The maximum atomic E-state index is 4.64. The van der Waals surface area contributed by atoms with Gasteiger partial charge in [-0.1, -0.05) is 13.8 Å². The van der Waals surface area contributed by atoms with E-state index in [0.29, 0.717) is 5.92 Å². The second-order valence-electron chi connectivity index (χ2n) is 5.17. The fraction of sp³-hybridized carbons (Fsp3) is 0.467. The summed E-state index contributed by atoms with van der Waals surface area (Å²) in [6, 6.07) is 4.30. The van der Waals surface area contributed by atoms with Gasteiger partial charge in [0.15, 0.2) is 0 Å². The Morgan fingerprint density at radius 1 is 1.15 bits per heavy atom. The SMILES string of the molecule is CNc1nc(C(C)C)nc(NCc2ccc(C)s2)c1C. The van der Waals surface area contributed by atoms with E-state index in [2.05, 4.69) is 53.5 Å². The molecule has 0 atom stereocenters. The van der Waals surface area contributed by atoms with Gasteiger partial charge in [-0.15, -0.1) is 11.3 Å². The summed E-state index contributed by atoms with van der Waals surface area (Å²) < 4.78 is 0. The Bertz CT molecular complexity index is 590. The smallest absolute Gasteiger partial charge is 0.135 e. The predicted molar refractivity (Wildman–Crippen MR) is 86.8 cm³/mol. The van der Waals surface area contributed by atoms with E-state index in [4.69, 9.17) is 0 Å². The van der Waals surface area contributed by atoms with Crippen LogP contribution >= 0.6 is 11.3 Å². The number of hydrogen-bond donors (Lipinski definition) is 2. The highest BCUT2D eigenvalue weighted by Crippen LogP contribution is 2.24. The van der Waals surface area contributed by atoms with Crippen LogP contribution in [0.25, 0.3) is 0 Å². The molecule has 0 aliphatic heterocycles. The fourth-order valence-electron chi connectivity index (χ4n) is 1.96.